The number of rotatable bonds is 7. The van der Waals surface area contributed by atoms with Crippen molar-refractivity contribution in [1.82, 2.24) is 0 Å². The van der Waals surface area contributed by atoms with E-state index in [4.69, 9.17) is 30.0 Å². The average Bonchev–Trinajstić information content (AvgIpc) is 2.23. The molecule has 0 saturated heterocycles. The van der Waals surface area contributed by atoms with Gasteiger partial charge >= 0.3 is 6.72 Å². The van der Waals surface area contributed by atoms with Gasteiger partial charge in [0.2, 0.25) is 0 Å². The first kappa shape index (κ1) is 19.7. The highest BCUT2D eigenvalue weighted by Gasteiger charge is 2.26. The van der Waals surface area contributed by atoms with Crippen LogP contribution in [0, 0.1) is 5.41 Å². The second-order valence-corrected chi connectivity index (χ2v) is 6.44. The van der Waals surface area contributed by atoms with Gasteiger partial charge in [-0.2, -0.15) is 0 Å². The lowest BCUT2D eigenvalue weighted by atomic mass is 9.85. The Bertz CT molecular complexity index is 199. The van der Waals surface area contributed by atoms with Crippen LogP contribution in [-0.2, 0) is 11.8 Å². The van der Waals surface area contributed by atoms with Gasteiger partial charge in [-0.15, -0.1) is 0 Å². The lowest BCUT2D eigenvalue weighted by molar-refractivity contribution is -0.00222. The van der Waals surface area contributed by atoms with E-state index in [0.29, 0.717) is 6.42 Å². The van der Waals surface area contributed by atoms with Gasteiger partial charge in [-0.05, 0) is 18.2 Å². The fourth-order valence-corrected chi connectivity index (χ4v) is 1.14. The summed E-state index contributed by atoms with van der Waals surface area (Å²) in [6, 6.07) is 0. The second-order valence-electron chi connectivity index (χ2n) is 3.94. The summed E-state index contributed by atoms with van der Waals surface area (Å²) in [4.78, 5) is 22.7. The lowest BCUT2D eigenvalue weighted by Crippen LogP contribution is -2.33. The van der Waals surface area contributed by atoms with E-state index in [0.717, 1.165) is 19.3 Å². The highest BCUT2D eigenvalue weighted by atomic mass is 32.5. The molecule has 0 aliphatic heterocycles. The summed E-state index contributed by atoms with van der Waals surface area (Å²) >= 11 is 3.60. The van der Waals surface area contributed by atoms with Crippen molar-refractivity contribution in [3.63, 3.8) is 0 Å². The number of aliphatic hydroxyl groups is 3. The molecular formula is C9H23O6PS. The zero-order chi connectivity index (χ0) is 13.9. The van der Waals surface area contributed by atoms with Crippen LogP contribution in [-0.4, -0.2) is 49.8 Å². The molecule has 0 spiro atoms. The van der Waals surface area contributed by atoms with Crippen LogP contribution in [0.5, 0.6) is 0 Å². The van der Waals surface area contributed by atoms with Crippen LogP contribution in [0.1, 0.15) is 32.6 Å². The number of hydrogen-bond donors (Lipinski definition) is 6. The fourth-order valence-electron chi connectivity index (χ4n) is 1.14. The fraction of sp³-hybridized carbons (Fsp3) is 1.00. The normalized spacial score (nSPS) is 11.9. The number of unbranched alkanes of at least 4 members (excludes halogenated alkanes) is 2. The van der Waals surface area contributed by atoms with E-state index >= 15 is 0 Å². The van der Waals surface area contributed by atoms with E-state index in [1.807, 2.05) is 0 Å². The van der Waals surface area contributed by atoms with Crippen molar-refractivity contribution < 1.29 is 30.0 Å². The summed E-state index contributed by atoms with van der Waals surface area (Å²) in [6.45, 7) is -2.12. The maximum atomic E-state index is 8.96. The van der Waals surface area contributed by atoms with E-state index in [2.05, 4.69) is 18.7 Å². The van der Waals surface area contributed by atoms with Gasteiger partial charge in [0.1, 0.15) is 0 Å². The summed E-state index contributed by atoms with van der Waals surface area (Å²) in [5, 5.41) is 26.9. The minimum atomic E-state index is -3.81. The predicted octanol–water partition coefficient (Wildman–Crippen LogP) is -0.282. The quantitative estimate of drug-likeness (QED) is 0.282. The molecule has 0 heterocycles. The Kier molecular flexibility index (Phi) is 12.0. The van der Waals surface area contributed by atoms with Crippen molar-refractivity contribution in [2.75, 3.05) is 19.8 Å². The lowest BCUT2D eigenvalue weighted by Gasteiger charge is -2.26. The molecular weight excluding hydrogens is 267 g/mol. The molecule has 0 rings (SSSR count). The van der Waals surface area contributed by atoms with Crippen molar-refractivity contribution >= 4 is 18.5 Å². The molecule has 6 N–H and O–H groups in total. The van der Waals surface area contributed by atoms with E-state index in [-0.39, 0.29) is 19.8 Å². The zero-order valence-corrected chi connectivity index (χ0v) is 11.7. The van der Waals surface area contributed by atoms with E-state index in [1.165, 1.54) is 0 Å². The maximum Gasteiger partial charge on any atom is 0.319 e. The van der Waals surface area contributed by atoms with Crippen molar-refractivity contribution in [2.45, 2.75) is 32.6 Å². The molecule has 6 nitrogen and oxygen atoms in total. The summed E-state index contributed by atoms with van der Waals surface area (Å²) in [5.41, 5.74) is -0.658. The molecule has 0 saturated carbocycles. The Morgan fingerprint density at radius 2 is 1.29 bits per heavy atom. The molecule has 106 valence electrons. The van der Waals surface area contributed by atoms with E-state index in [9.17, 15) is 0 Å². The zero-order valence-electron chi connectivity index (χ0n) is 9.99. The van der Waals surface area contributed by atoms with Crippen molar-refractivity contribution in [1.29, 1.82) is 0 Å². The monoisotopic (exact) mass is 290 g/mol. The number of hydrogen-bond acceptors (Lipinski definition) is 4. The molecule has 0 aliphatic rings. The largest absolute Gasteiger partial charge is 0.396 e. The highest BCUT2D eigenvalue weighted by Crippen LogP contribution is 2.26. The van der Waals surface area contributed by atoms with E-state index < -0.39 is 12.1 Å². The Morgan fingerprint density at radius 3 is 1.53 bits per heavy atom. The predicted molar refractivity (Wildman–Crippen MR) is 68.8 cm³/mol. The third-order valence-electron chi connectivity index (χ3n) is 2.32. The van der Waals surface area contributed by atoms with Gasteiger partial charge in [-0.1, -0.05) is 26.2 Å². The first-order valence-electron chi connectivity index (χ1n) is 5.35. The Balaban J connectivity index is 0. The summed E-state index contributed by atoms with van der Waals surface area (Å²) in [5.74, 6) is 0. The molecule has 0 atom stereocenters. The first-order chi connectivity index (χ1) is 7.74. The van der Waals surface area contributed by atoms with Crippen LogP contribution >= 0.6 is 6.72 Å². The van der Waals surface area contributed by atoms with Gasteiger partial charge < -0.3 is 30.0 Å². The molecule has 8 heteroatoms. The molecule has 0 amide bonds. The van der Waals surface area contributed by atoms with Crippen molar-refractivity contribution in [2.24, 2.45) is 5.41 Å². The second kappa shape index (κ2) is 10.3. The molecule has 0 aliphatic carbocycles. The van der Waals surface area contributed by atoms with Crippen molar-refractivity contribution in [3.05, 3.63) is 0 Å². The van der Waals surface area contributed by atoms with Crippen LogP contribution in [0.4, 0.5) is 0 Å². The Morgan fingerprint density at radius 1 is 0.941 bits per heavy atom. The summed E-state index contributed by atoms with van der Waals surface area (Å²) < 4.78 is 0. The Hall–Kier alpha value is 0.410. The van der Waals surface area contributed by atoms with Gasteiger partial charge in [0.05, 0.1) is 19.8 Å². The van der Waals surface area contributed by atoms with Gasteiger partial charge in [0.25, 0.3) is 0 Å². The minimum absolute atomic E-state index is 0.135. The van der Waals surface area contributed by atoms with Gasteiger partial charge in [-0.3, -0.25) is 0 Å². The van der Waals surface area contributed by atoms with Crippen LogP contribution in [0.15, 0.2) is 0 Å². The van der Waals surface area contributed by atoms with E-state index in [1.54, 1.807) is 0 Å². The number of aliphatic hydroxyl groups excluding tert-OH is 3. The third-order valence-corrected chi connectivity index (χ3v) is 2.32. The van der Waals surface area contributed by atoms with Crippen LogP contribution in [0.3, 0.4) is 0 Å². The molecule has 0 radical (unpaired) electrons. The van der Waals surface area contributed by atoms with Crippen LogP contribution in [0.2, 0.25) is 0 Å². The standard InChI is InChI=1S/C9H20O3.H3O3PS/c1-2-3-4-5-9(6-10,7-11)8-12;1-4(2,3)5/h10-12H,2-8H2,1H3;(H3,1,2,3,5). The molecule has 17 heavy (non-hydrogen) atoms. The topological polar surface area (TPSA) is 121 Å². The smallest absolute Gasteiger partial charge is 0.319 e. The van der Waals surface area contributed by atoms with Crippen LogP contribution in [0.25, 0.3) is 0 Å². The minimum Gasteiger partial charge on any atom is -0.396 e. The Labute approximate surface area is 107 Å². The molecule has 0 aromatic heterocycles. The maximum absolute atomic E-state index is 8.96. The van der Waals surface area contributed by atoms with Gasteiger partial charge in [-0.25, -0.2) is 0 Å². The molecule has 0 bridgehead atoms. The van der Waals surface area contributed by atoms with Crippen molar-refractivity contribution in [3.8, 4) is 0 Å². The first-order valence-corrected chi connectivity index (χ1v) is 8.01. The van der Waals surface area contributed by atoms with Gasteiger partial charge in [0, 0.05) is 5.41 Å². The van der Waals surface area contributed by atoms with Gasteiger partial charge in [0.15, 0.2) is 0 Å². The van der Waals surface area contributed by atoms with Crippen LogP contribution < -0.4 is 0 Å². The summed E-state index contributed by atoms with van der Waals surface area (Å²) in [7, 11) is 0. The highest BCUT2D eigenvalue weighted by molar-refractivity contribution is 8.06. The molecule has 0 aromatic rings. The SMILES string of the molecule is CCCCCC(CO)(CO)CO.OP(O)(O)=S. The third kappa shape index (κ3) is 14.3. The molecule has 0 unspecified atom stereocenters. The molecule has 0 fully saturated rings. The molecule has 0 aromatic carbocycles. The summed E-state index contributed by atoms with van der Waals surface area (Å²) in [6.07, 6.45) is 3.85. The average molecular weight is 290 g/mol.